The van der Waals surface area contributed by atoms with Gasteiger partial charge in [-0.2, -0.15) is 13.2 Å². The Bertz CT molecular complexity index is 565. The van der Waals surface area contributed by atoms with Gasteiger partial charge in [0, 0.05) is 33.9 Å². The molecule has 27 heavy (non-hydrogen) atoms. The second-order valence-corrected chi connectivity index (χ2v) is 6.20. The fraction of sp³-hybridized carbons (Fsp3) is 0.632. The molecule has 1 rings (SSSR count). The van der Waals surface area contributed by atoms with E-state index in [4.69, 9.17) is 9.47 Å². The van der Waals surface area contributed by atoms with Crippen molar-refractivity contribution in [1.29, 1.82) is 0 Å². The smallest absolute Gasteiger partial charge is 0.382 e. The average molecular weight is 389 g/mol. The van der Waals surface area contributed by atoms with E-state index in [2.05, 4.69) is 15.6 Å². The molecule has 0 heterocycles. The molecule has 0 spiro atoms. The summed E-state index contributed by atoms with van der Waals surface area (Å²) in [5, 5.41) is 6.36. The van der Waals surface area contributed by atoms with Gasteiger partial charge in [0.25, 0.3) is 0 Å². The highest BCUT2D eigenvalue weighted by Crippen LogP contribution is 2.31. The van der Waals surface area contributed by atoms with Crippen LogP contribution in [0.15, 0.2) is 29.3 Å². The van der Waals surface area contributed by atoms with Gasteiger partial charge in [-0.05, 0) is 30.4 Å². The molecule has 1 atom stereocenters. The summed E-state index contributed by atoms with van der Waals surface area (Å²) in [6, 6.07) is 5.51. The molecule has 1 unspecified atom stereocenters. The van der Waals surface area contributed by atoms with Crippen LogP contribution in [-0.2, 0) is 15.7 Å². The molecule has 1 aromatic carbocycles. The van der Waals surface area contributed by atoms with Gasteiger partial charge in [-0.3, -0.25) is 4.99 Å². The first kappa shape index (κ1) is 23.2. The lowest BCUT2D eigenvalue weighted by atomic mass is 9.96. The molecule has 0 aliphatic carbocycles. The van der Waals surface area contributed by atoms with Crippen molar-refractivity contribution in [3.63, 3.8) is 0 Å². The first-order chi connectivity index (χ1) is 12.9. The molecule has 5 nitrogen and oxygen atoms in total. The third-order valence-corrected chi connectivity index (χ3v) is 4.07. The van der Waals surface area contributed by atoms with E-state index in [0.717, 1.165) is 19.0 Å². The van der Waals surface area contributed by atoms with Crippen LogP contribution in [0.25, 0.3) is 0 Å². The van der Waals surface area contributed by atoms with E-state index < -0.39 is 11.7 Å². The SMILES string of the molecule is CN=C(NCCCOCCOC)NCCC(C)c1cccc(C(F)(F)F)c1. The highest BCUT2D eigenvalue weighted by molar-refractivity contribution is 5.79. The number of hydrogen-bond acceptors (Lipinski definition) is 3. The molecule has 2 N–H and O–H groups in total. The molecule has 0 aromatic heterocycles. The van der Waals surface area contributed by atoms with E-state index in [1.165, 1.54) is 12.1 Å². The van der Waals surface area contributed by atoms with E-state index in [0.29, 0.717) is 44.3 Å². The normalized spacial score (nSPS) is 13.5. The zero-order chi connectivity index (χ0) is 20.1. The number of ether oxygens (including phenoxy) is 2. The summed E-state index contributed by atoms with van der Waals surface area (Å²) in [5.74, 6) is 0.676. The molecule has 154 valence electrons. The first-order valence-corrected chi connectivity index (χ1v) is 9.06. The molecule has 0 saturated carbocycles. The molecule has 1 aromatic rings. The fourth-order valence-corrected chi connectivity index (χ4v) is 2.44. The van der Waals surface area contributed by atoms with Gasteiger partial charge in [0.2, 0.25) is 0 Å². The van der Waals surface area contributed by atoms with Crippen molar-refractivity contribution in [3.8, 4) is 0 Å². The Hall–Kier alpha value is -1.80. The predicted molar refractivity (Wildman–Crippen MR) is 101 cm³/mol. The summed E-state index contributed by atoms with van der Waals surface area (Å²) in [7, 11) is 3.31. The molecule has 0 fully saturated rings. The average Bonchev–Trinajstić information content (AvgIpc) is 2.65. The molecule has 0 aliphatic heterocycles. The van der Waals surface area contributed by atoms with E-state index in [1.54, 1.807) is 20.2 Å². The van der Waals surface area contributed by atoms with Crippen LogP contribution >= 0.6 is 0 Å². The Kier molecular flexibility index (Phi) is 10.8. The number of rotatable bonds is 11. The van der Waals surface area contributed by atoms with Gasteiger partial charge in [-0.1, -0.05) is 25.1 Å². The summed E-state index contributed by atoms with van der Waals surface area (Å²) < 4.78 is 48.7. The lowest BCUT2D eigenvalue weighted by molar-refractivity contribution is -0.137. The summed E-state index contributed by atoms with van der Waals surface area (Å²) >= 11 is 0. The number of methoxy groups -OCH3 is 1. The number of alkyl halides is 3. The van der Waals surface area contributed by atoms with Crippen molar-refractivity contribution in [2.24, 2.45) is 4.99 Å². The van der Waals surface area contributed by atoms with Crippen LogP contribution in [0.3, 0.4) is 0 Å². The van der Waals surface area contributed by atoms with Crippen LogP contribution in [-0.4, -0.2) is 53.0 Å². The number of benzene rings is 1. The minimum absolute atomic E-state index is 0.00657. The van der Waals surface area contributed by atoms with Gasteiger partial charge >= 0.3 is 6.18 Å². The summed E-state index contributed by atoms with van der Waals surface area (Å²) in [4.78, 5) is 4.14. The van der Waals surface area contributed by atoms with Gasteiger partial charge in [-0.25, -0.2) is 0 Å². The molecular formula is C19H30F3N3O2. The van der Waals surface area contributed by atoms with Gasteiger partial charge in [0.1, 0.15) is 0 Å². The Labute approximate surface area is 159 Å². The molecule has 0 radical (unpaired) electrons. The highest BCUT2D eigenvalue weighted by atomic mass is 19.4. The van der Waals surface area contributed by atoms with Gasteiger partial charge in [-0.15, -0.1) is 0 Å². The number of hydrogen-bond donors (Lipinski definition) is 2. The number of nitrogens with one attached hydrogen (secondary N) is 2. The Morgan fingerprint density at radius 1 is 1.15 bits per heavy atom. The summed E-state index contributed by atoms with van der Waals surface area (Å²) in [5.41, 5.74) is 0.0767. The maximum absolute atomic E-state index is 12.8. The number of guanidine groups is 1. The molecule has 8 heteroatoms. The van der Waals surface area contributed by atoms with Crippen LogP contribution < -0.4 is 10.6 Å². The lowest BCUT2D eigenvalue weighted by Crippen LogP contribution is -2.38. The van der Waals surface area contributed by atoms with E-state index >= 15 is 0 Å². The second-order valence-electron chi connectivity index (χ2n) is 6.20. The topological polar surface area (TPSA) is 54.9 Å². The molecular weight excluding hydrogens is 359 g/mol. The van der Waals surface area contributed by atoms with Crippen LogP contribution in [0.4, 0.5) is 13.2 Å². The molecule has 0 saturated heterocycles. The maximum atomic E-state index is 12.8. The first-order valence-electron chi connectivity index (χ1n) is 9.06. The van der Waals surface area contributed by atoms with E-state index in [1.807, 2.05) is 6.92 Å². The van der Waals surface area contributed by atoms with Crippen molar-refractivity contribution in [2.75, 3.05) is 47.1 Å². The van der Waals surface area contributed by atoms with Crippen molar-refractivity contribution in [2.45, 2.75) is 31.9 Å². The number of halogens is 3. The molecule has 0 aliphatic rings. The van der Waals surface area contributed by atoms with Gasteiger partial charge < -0.3 is 20.1 Å². The van der Waals surface area contributed by atoms with Crippen molar-refractivity contribution in [1.82, 2.24) is 10.6 Å². The highest BCUT2D eigenvalue weighted by Gasteiger charge is 2.30. The Morgan fingerprint density at radius 2 is 1.89 bits per heavy atom. The van der Waals surface area contributed by atoms with Crippen LogP contribution in [0.2, 0.25) is 0 Å². The zero-order valence-electron chi connectivity index (χ0n) is 16.2. The number of aliphatic imine (C=N–C) groups is 1. The van der Waals surface area contributed by atoms with Crippen molar-refractivity contribution < 1.29 is 22.6 Å². The van der Waals surface area contributed by atoms with Crippen molar-refractivity contribution >= 4 is 5.96 Å². The largest absolute Gasteiger partial charge is 0.416 e. The predicted octanol–water partition coefficient (Wildman–Crippen LogP) is 3.42. The van der Waals surface area contributed by atoms with Crippen molar-refractivity contribution in [3.05, 3.63) is 35.4 Å². The zero-order valence-corrected chi connectivity index (χ0v) is 16.2. The third-order valence-electron chi connectivity index (χ3n) is 4.07. The lowest BCUT2D eigenvalue weighted by Gasteiger charge is -2.16. The van der Waals surface area contributed by atoms with Crippen LogP contribution in [0.1, 0.15) is 36.8 Å². The minimum atomic E-state index is -4.31. The quantitative estimate of drug-likeness (QED) is 0.346. The molecule has 0 amide bonds. The third kappa shape index (κ3) is 9.63. The minimum Gasteiger partial charge on any atom is -0.382 e. The van der Waals surface area contributed by atoms with E-state index in [9.17, 15) is 13.2 Å². The van der Waals surface area contributed by atoms with Crippen LogP contribution in [0.5, 0.6) is 0 Å². The second kappa shape index (κ2) is 12.6. The van der Waals surface area contributed by atoms with E-state index in [-0.39, 0.29) is 5.92 Å². The maximum Gasteiger partial charge on any atom is 0.416 e. The Morgan fingerprint density at radius 3 is 2.56 bits per heavy atom. The standard InChI is InChI=1S/C19H30F3N3O2/c1-15(16-6-4-7-17(14-16)19(20,21)22)8-10-25-18(23-2)24-9-5-11-27-13-12-26-3/h4,6-7,14-15H,5,8-13H2,1-3H3,(H2,23,24,25). The molecule has 0 bridgehead atoms. The van der Waals surface area contributed by atoms with Crippen LogP contribution in [0, 0.1) is 0 Å². The van der Waals surface area contributed by atoms with Gasteiger partial charge in [0.05, 0.1) is 18.8 Å². The number of nitrogens with zero attached hydrogens (tertiary/aromatic N) is 1. The summed E-state index contributed by atoms with van der Waals surface area (Å²) in [6.45, 7) is 5.06. The fourth-order valence-electron chi connectivity index (χ4n) is 2.44. The Balaban J connectivity index is 2.30. The monoisotopic (exact) mass is 389 g/mol. The summed E-state index contributed by atoms with van der Waals surface area (Å²) in [6.07, 6.45) is -2.78. The van der Waals surface area contributed by atoms with Gasteiger partial charge in [0.15, 0.2) is 5.96 Å².